The Balaban J connectivity index is 0.00000400. The Morgan fingerprint density at radius 1 is 1.19 bits per heavy atom. The number of hydrogen-bond acceptors (Lipinski definition) is 4. The molecule has 0 unspecified atom stereocenters. The van der Waals surface area contributed by atoms with Gasteiger partial charge in [-0.25, -0.2) is 21.9 Å². The first kappa shape index (κ1) is 20.7. The van der Waals surface area contributed by atoms with Gasteiger partial charge >= 0.3 is 0 Å². The van der Waals surface area contributed by atoms with Crippen molar-refractivity contribution in [2.75, 3.05) is 33.4 Å². The van der Waals surface area contributed by atoms with E-state index >= 15 is 0 Å². The van der Waals surface area contributed by atoms with E-state index in [9.17, 15) is 17.2 Å². The number of sulfonamides is 1. The van der Waals surface area contributed by atoms with Crippen LogP contribution in [0.5, 0.6) is 0 Å². The van der Waals surface area contributed by atoms with E-state index in [-0.39, 0.29) is 23.4 Å². The van der Waals surface area contributed by atoms with E-state index in [1.54, 1.807) is 7.11 Å². The van der Waals surface area contributed by atoms with Crippen molar-refractivity contribution in [2.24, 2.45) is 0 Å². The van der Waals surface area contributed by atoms with Crippen molar-refractivity contribution in [3.8, 4) is 0 Å². The Bertz CT molecular complexity index is 561. The third kappa shape index (κ3) is 6.54. The van der Waals surface area contributed by atoms with Crippen LogP contribution < -0.4 is 10.0 Å². The fourth-order valence-corrected chi connectivity index (χ4v) is 2.97. The molecule has 0 heterocycles. The molecule has 0 saturated heterocycles. The van der Waals surface area contributed by atoms with E-state index in [0.29, 0.717) is 25.8 Å². The van der Waals surface area contributed by atoms with Crippen LogP contribution in [0.25, 0.3) is 0 Å². The molecule has 0 aliphatic heterocycles. The fraction of sp³-hybridized carbons (Fsp3) is 0.455. The minimum absolute atomic E-state index is 0. The van der Waals surface area contributed by atoms with E-state index in [4.69, 9.17) is 4.74 Å². The normalized spacial score (nSPS) is 11.2. The maximum absolute atomic E-state index is 13.5. The number of benzene rings is 1. The molecule has 5 nitrogen and oxygen atoms in total. The zero-order chi connectivity index (χ0) is 15.2. The summed E-state index contributed by atoms with van der Waals surface area (Å²) in [5, 5.41) is 2.93. The lowest BCUT2D eigenvalue weighted by molar-refractivity contribution is 0.199. The predicted octanol–water partition coefficient (Wildman–Crippen LogP) is 1.66. The van der Waals surface area contributed by atoms with Gasteiger partial charge in [0.25, 0.3) is 0 Å². The van der Waals surface area contributed by atoms with Crippen LogP contribution in [0, 0.1) is 11.6 Å². The molecule has 1 aromatic carbocycles. The van der Waals surface area contributed by atoms with E-state index < -0.39 is 26.6 Å². The van der Waals surface area contributed by atoms with Crippen molar-refractivity contribution >= 4 is 38.4 Å². The highest BCUT2D eigenvalue weighted by molar-refractivity contribution is 9.10. The van der Waals surface area contributed by atoms with Crippen molar-refractivity contribution in [3.63, 3.8) is 0 Å². The average Bonchev–Trinajstić information content (AvgIpc) is 2.37. The molecular formula is C11H16BrClF2N2O3S. The SMILES string of the molecule is COCCNCCNS(=O)(=O)c1cc(Br)c(F)cc1F.Cl. The van der Waals surface area contributed by atoms with Gasteiger partial charge in [-0.1, -0.05) is 0 Å². The van der Waals surface area contributed by atoms with Crippen LogP contribution in [0.15, 0.2) is 21.5 Å². The Morgan fingerprint density at radius 2 is 1.86 bits per heavy atom. The van der Waals surface area contributed by atoms with Crippen molar-refractivity contribution in [1.29, 1.82) is 0 Å². The first-order valence-electron chi connectivity index (χ1n) is 5.72. The predicted molar refractivity (Wildman–Crippen MR) is 81.2 cm³/mol. The second-order valence-corrected chi connectivity index (χ2v) is 6.43. The topological polar surface area (TPSA) is 67.4 Å². The van der Waals surface area contributed by atoms with Crippen LogP contribution in [0.1, 0.15) is 0 Å². The highest BCUT2D eigenvalue weighted by atomic mass is 79.9. The van der Waals surface area contributed by atoms with Gasteiger partial charge in [-0.15, -0.1) is 12.4 Å². The molecule has 0 aromatic heterocycles. The summed E-state index contributed by atoms with van der Waals surface area (Å²) < 4.78 is 57.2. The summed E-state index contributed by atoms with van der Waals surface area (Å²) in [7, 11) is -2.46. The van der Waals surface area contributed by atoms with E-state index in [1.807, 2.05) is 0 Å². The summed E-state index contributed by atoms with van der Waals surface area (Å²) >= 11 is 2.82. The van der Waals surface area contributed by atoms with Crippen LogP contribution >= 0.6 is 28.3 Å². The maximum atomic E-state index is 13.5. The van der Waals surface area contributed by atoms with Crippen molar-refractivity contribution < 1.29 is 21.9 Å². The summed E-state index contributed by atoms with van der Waals surface area (Å²) in [6.07, 6.45) is 0. The Morgan fingerprint density at radius 3 is 2.48 bits per heavy atom. The summed E-state index contributed by atoms with van der Waals surface area (Å²) in [4.78, 5) is -0.595. The van der Waals surface area contributed by atoms with E-state index in [2.05, 4.69) is 26.0 Å². The molecule has 1 aromatic rings. The number of rotatable bonds is 8. The molecule has 0 saturated carbocycles. The fourth-order valence-electron chi connectivity index (χ4n) is 1.36. The molecule has 0 bridgehead atoms. The number of nitrogens with one attached hydrogen (secondary N) is 2. The highest BCUT2D eigenvalue weighted by Crippen LogP contribution is 2.23. The molecule has 0 atom stereocenters. The van der Waals surface area contributed by atoms with Crippen LogP contribution in [0.2, 0.25) is 0 Å². The van der Waals surface area contributed by atoms with Gasteiger partial charge in [0.05, 0.1) is 11.1 Å². The van der Waals surface area contributed by atoms with Gasteiger partial charge in [0.15, 0.2) is 0 Å². The molecule has 21 heavy (non-hydrogen) atoms. The van der Waals surface area contributed by atoms with E-state index in [0.717, 1.165) is 6.07 Å². The zero-order valence-corrected chi connectivity index (χ0v) is 14.4. The zero-order valence-electron chi connectivity index (χ0n) is 11.2. The second kappa shape index (κ2) is 9.65. The first-order chi connectivity index (χ1) is 9.38. The Labute approximate surface area is 137 Å². The summed E-state index contributed by atoms with van der Waals surface area (Å²) in [6, 6.07) is 1.42. The minimum atomic E-state index is -4.02. The number of methoxy groups -OCH3 is 1. The van der Waals surface area contributed by atoms with Gasteiger partial charge in [0.2, 0.25) is 10.0 Å². The number of ether oxygens (including phenoxy) is 1. The van der Waals surface area contributed by atoms with Crippen LogP contribution in [-0.4, -0.2) is 41.8 Å². The van der Waals surface area contributed by atoms with E-state index in [1.165, 1.54) is 0 Å². The monoisotopic (exact) mass is 408 g/mol. The van der Waals surface area contributed by atoms with Gasteiger partial charge in [-0.3, -0.25) is 0 Å². The molecule has 0 amide bonds. The van der Waals surface area contributed by atoms with Crippen LogP contribution in [-0.2, 0) is 14.8 Å². The van der Waals surface area contributed by atoms with Gasteiger partial charge in [-0.05, 0) is 22.0 Å². The molecule has 10 heteroatoms. The molecule has 0 radical (unpaired) electrons. The molecule has 0 fully saturated rings. The lowest BCUT2D eigenvalue weighted by atomic mass is 10.3. The van der Waals surface area contributed by atoms with Gasteiger partial charge in [-0.2, -0.15) is 0 Å². The van der Waals surface area contributed by atoms with Gasteiger partial charge < -0.3 is 10.1 Å². The smallest absolute Gasteiger partial charge is 0.243 e. The average molecular weight is 410 g/mol. The lowest BCUT2D eigenvalue weighted by Crippen LogP contribution is -2.33. The minimum Gasteiger partial charge on any atom is -0.383 e. The summed E-state index contributed by atoms with van der Waals surface area (Å²) in [6.45, 7) is 1.54. The summed E-state index contributed by atoms with van der Waals surface area (Å²) in [5.74, 6) is -1.99. The molecule has 0 aliphatic carbocycles. The molecular weight excluding hydrogens is 394 g/mol. The molecule has 0 aliphatic rings. The number of halogens is 4. The van der Waals surface area contributed by atoms with Crippen molar-refractivity contribution in [1.82, 2.24) is 10.0 Å². The van der Waals surface area contributed by atoms with Crippen LogP contribution in [0.3, 0.4) is 0 Å². The van der Waals surface area contributed by atoms with Gasteiger partial charge in [0, 0.05) is 32.8 Å². The molecule has 0 spiro atoms. The Hall–Kier alpha value is -0.320. The first-order valence-corrected chi connectivity index (χ1v) is 8.00. The van der Waals surface area contributed by atoms with Crippen molar-refractivity contribution in [3.05, 3.63) is 28.2 Å². The number of hydrogen-bond donors (Lipinski definition) is 2. The molecule has 122 valence electrons. The summed E-state index contributed by atoms with van der Waals surface area (Å²) in [5.41, 5.74) is 0. The molecule has 1 rings (SSSR count). The third-order valence-corrected chi connectivity index (χ3v) is 4.42. The van der Waals surface area contributed by atoms with Crippen molar-refractivity contribution in [2.45, 2.75) is 4.90 Å². The van der Waals surface area contributed by atoms with Crippen LogP contribution in [0.4, 0.5) is 8.78 Å². The second-order valence-electron chi connectivity index (χ2n) is 3.84. The Kier molecular flexibility index (Phi) is 9.50. The quantitative estimate of drug-likeness (QED) is 0.506. The van der Waals surface area contributed by atoms with Gasteiger partial charge in [0.1, 0.15) is 16.5 Å². The standard InChI is InChI=1S/C11H15BrF2N2O3S.ClH/c1-19-5-4-15-2-3-16-20(17,18)11-6-8(12)9(13)7-10(11)14;/h6-7,15-16H,2-5H2,1H3;1H. The lowest BCUT2D eigenvalue weighted by Gasteiger charge is -2.09. The third-order valence-electron chi connectivity index (χ3n) is 2.34. The molecule has 2 N–H and O–H groups in total. The highest BCUT2D eigenvalue weighted by Gasteiger charge is 2.20. The largest absolute Gasteiger partial charge is 0.383 e. The maximum Gasteiger partial charge on any atom is 0.243 e.